The molecule has 0 amide bonds. The fourth-order valence-corrected chi connectivity index (χ4v) is 2.26. The zero-order valence-electron chi connectivity index (χ0n) is 12.9. The number of hydrogen-bond acceptors (Lipinski definition) is 3. The van der Waals surface area contributed by atoms with Crippen LogP contribution in [0.4, 0.5) is 13.2 Å². The SMILES string of the molecule is CNC(c1ccc(OC)cc1)C(C)N(C)CCC(F)(F)F. The van der Waals surface area contributed by atoms with Gasteiger partial charge in [-0.2, -0.15) is 13.2 Å². The van der Waals surface area contributed by atoms with Crippen LogP contribution in [0.1, 0.15) is 24.9 Å². The molecule has 0 bridgehead atoms. The van der Waals surface area contributed by atoms with Gasteiger partial charge in [0.25, 0.3) is 0 Å². The predicted molar refractivity (Wildman–Crippen MR) is 77.6 cm³/mol. The first-order chi connectivity index (χ1) is 9.78. The number of ether oxygens (including phenoxy) is 1. The monoisotopic (exact) mass is 304 g/mol. The summed E-state index contributed by atoms with van der Waals surface area (Å²) in [7, 11) is 5.12. The number of likely N-dealkylation sites (N-methyl/N-ethyl adjacent to an activating group) is 2. The highest BCUT2D eigenvalue weighted by Gasteiger charge is 2.29. The van der Waals surface area contributed by atoms with Crippen molar-refractivity contribution in [2.45, 2.75) is 31.6 Å². The Morgan fingerprint density at radius 2 is 1.81 bits per heavy atom. The largest absolute Gasteiger partial charge is 0.497 e. The third-order valence-electron chi connectivity index (χ3n) is 3.71. The highest BCUT2D eigenvalue weighted by Crippen LogP contribution is 2.25. The summed E-state index contributed by atoms with van der Waals surface area (Å²) in [5.74, 6) is 0.756. The van der Waals surface area contributed by atoms with Gasteiger partial charge in [0.2, 0.25) is 0 Å². The number of alkyl halides is 3. The van der Waals surface area contributed by atoms with Gasteiger partial charge in [0, 0.05) is 18.6 Å². The van der Waals surface area contributed by atoms with Crippen molar-refractivity contribution in [1.82, 2.24) is 10.2 Å². The van der Waals surface area contributed by atoms with E-state index in [1.807, 2.05) is 38.2 Å². The van der Waals surface area contributed by atoms with Crippen molar-refractivity contribution < 1.29 is 17.9 Å². The lowest BCUT2D eigenvalue weighted by Crippen LogP contribution is -2.41. The van der Waals surface area contributed by atoms with Crippen molar-refractivity contribution in [2.24, 2.45) is 0 Å². The Morgan fingerprint density at radius 1 is 1.24 bits per heavy atom. The van der Waals surface area contributed by atoms with Crippen LogP contribution in [0.15, 0.2) is 24.3 Å². The molecule has 0 aromatic heterocycles. The normalized spacial score (nSPS) is 15.0. The molecule has 1 aromatic carbocycles. The summed E-state index contributed by atoms with van der Waals surface area (Å²) in [4.78, 5) is 1.72. The van der Waals surface area contributed by atoms with Gasteiger partial charge in [-0.3, -0.25) is 0 Å². The maximum absolute atomic E-state index is 12.3. The topological polar surface area (TPSA) is 24.5 Å². The standard InChI is InChI=1S/C15H23F3N2O/c1-11(20(3)10-9-15(16,17)18)14(19-2)12-5-7-13(21-4)8-6-12/h5-8,11,14,19H,9-10H2,1-4H3. The maximum Gasteiger partial charge on any atom is 0.390 e. The molecule has 0 radical (unpaired) electrons. The molecule has 2 atom stereocenters. The predicted octanol–water partition coefficient (Wildman–Crippen LogP) is 3.23. The second-order valence-corrected chi connectivity index (χ2v) is 5.13. The molecule has 0 aliphatic carbocycles. The molecule has 0 heterocycles. The van der Waals surface area contributed by atoms with E-state index in [0.29, 0.717) is 0 Å². The molecule has 0 aliphatic rings. The van der Waals surface area contributed by atoms with Gasteiger partial charge in [-0.05, 0) is 38.7 Å². The molecule has 0 aliphatic heterocycles. The van der Waals surface area contributed by atoms with Crippen molar-refractivity contribution in [3.63, 3.8) is 0 Å². The van der Waals surface area contributed by atoms with Gasteiger partial charge in [0.15, 0.2) is 0 Å². The lowest BCUT2D eigenvalue weighted by atomic mass is 9.99. The van der Waals surface area contributed by atoms with Gasteiger partial charge < -0.3 is 15.0 Å². The van der Waals surface area contributed by atoms with Crippen molar-refractivity contribution in [3.05, 3.63) is 29.8 Å². The zero-order valence-corrected chi connectivity index (χ0v) is 12.9. The van der Waals surface area contributed by atoms with E-state index < -0.39 is 12.6 Å². The van der Waals surface area contributed by atoms with Gasteiger partial charge in [-0.15, -0.1) is 0 Å². The van der Waals surface area contributed by atoms with E-state index in [0.717, 1.165) is 11.3 Å². The molecular formula is C15H23F3N2O. The minimum absolute atomic E-state index is 0.0149. The molecule has 0 spiro atoms. The molecule has 1 aromatic rings. The third-order valence-corrected chi connectivity index (χ3v) is 3.71. The minimum Gasteiger partial charge on any atom is -0.497 e. The molecular weight excluding hydrogens is 281 g/mol. The zero-order chi connectivity index (χ0) is 16.0. The van der Waals surface area contributed by atoms with E-state index >= 15 is 0 Å². The molecule has 21 heavy (non-hydrogen) atoms. The molecule has 0 fully saturated rings. The summed E-state index contributed by atoms with van der Waals surface area (Å²) < 4.78 is 42.0. The number of methoxy groups -OCH3 is 1. The number of nitrogens with zero attached hydrogens (tertiary/aromatic N) is 1. The van der Waals surface area contributed by atoms with Gasteiger partial charge in [0.1, 0.15) is 5.75 Å². The van der Waals surface area contributed by atoms with Gasteiger partial charge >= 0.3 is 6.18 Å². The second kappa shape index (κ2) is 7.66. The van der Waals surface area contributed by atoms with E-state index in [1.165, 1.54) is 0 Å². The Balaban J connectivity index is 2.73. The summed E-state index contributed by atoms with van der Waals surface area (Å²) in [6.45, 7) is 1.90. The van der Waals surface area contributed by atoms with Crippen LogP contribution < -0.4 is 10.1 Å². The molecule has 120 valence electrons. The van der Waals surface area contributed by atoms with Crippen LogP contribution in [0, 0.1) is 0 Å². The fraction of sp³-hybridized carbons (Fsp3) is 0.600. The first-order valence-corrected chi connectivity index (χ1v) is 6.86. The van der Waals surface area contributed by atoms with Crippen LogP contribution in [0.5, 0.6) is 5.75 Å². The van der Waals surface area contributed by atoms with Crippen LogP contribution >= 0.6 is 0 Å². The number of benzene rings is 1. The lowest BCUT2D eigenvalue weighted by Gasteiger charge is -2.32. The lowest BCUT2D eigenvalue weighted by molar-refractivity contribution is -0.138. The van der Waals surface area contributed by atoms with Gasteiger partial charge in [-0.25, -0.2) is 0 Å². The van der Waals surface area contributed by atoms with Gasteiger partial charge in [0.05, 0.1) is 13.5 Å². The van der Waals surface area contributed by atoms with Crippen molar-refractivity contribution in [3.8, 4) is 5.75 Å². The summed E-state index contributed by atoms with van der Waals surface area (Å²) in [6, 6.07) is 7.44. The average Bonchev–Trinajstić information content (AvgIpc) is 2.45. The summed E-state index contributed by atoms with van der Waals surface area (Å²) in [5, 5.41) is 3.17. The highest BCUT2D eigenvalue weighted by atomic mass is 19.4. The molecule has 6 heteroatoms. The van der Waals surface area contributed by atoms with Crippen molar-refractivity contribution in [2.75, 3.05) is 27.7 Å². The Kier molecular flexibility index (Phi) is 6.48. The summed E-state index contributed by atoms with van der Waals surface area (Å²) >= 11 is 0. The van der Waals surface area contributed by atoms with E-state index in [-0.39, 0.29) is 18.6 Å². The smallest absolute Gasteiger partial charge is 0.390 e. The van der Waals surface area contributed by atoms with Crippen LogP contribution in [-0.2, 0) is 0 Å². The molecule has 0 saturated heterocycles. The first-order valence-electron chi connectivity index (χ1n) is 6.86. The average molecular weight is 304 g/mol. The number of halogens is 3. The molecule has 2 unspecified atom stereocenters. The minimum atomic E-state index is -4.12. The molecule has 0 saturated carbocycles. The van der Waals surface area contributed by atoms with Crippen LogP contribution in [-0.4, -0.2) is 44.9 Å². The Labute approximate surface area is 124 Å². The summed E-state index contributed by atoms with van der Waals surface area (Å²) in [5.41, 5.74) is 1.02. The van der Waals surface area contributed by atoms with Crippen molar-refractivity contribution >= 4 is 0 Å². The summed E-state index contributed by atoms with van der Waals surface area (Å²) in [6.07, 6.45) is -4.92. The van der Waals surface area contributed by atoms with E-state index in [2.05, 4.69) is 5.32 Å². The highest BCUT2D eigenvalue weighted by molar-refractivity contribution is 5.29. The first kappa shape index (κ1) is 17.8. The third kappa shape index (κ3) is 5.55. The number of nitrogens with one attached hydrogen (secondary N) is 1. The van der Waals surface area contributed by atoms with E-state index in [1.54, 1.807) is 19.1 Å². The molecule has 1 N–H and O–H groups in total. The molecule has 1 rings (SSSR count). The second-order valence-electron chi connectivity index (χ2n) is 5.13. The number of rotatable bonds is 7. The number of hydrogen-bond donors (Lipinski definition) is 1. The van der Waals surface area contributed by atoms with Crippen LogP contribution in [0.25, 0.3) is 0 Å². The van der Waals surface area contributed by atoms with E-state index in [4.69, 9.17) is 4.74 Å². The van der Waals surface area contributed by atoms with E-state index in [9.17, 15) is 13.2 Å². The maximum atomic E-state index is 12.3. The molecule has 3 nitrogen and oxygen atoms in total. The quantitative estimate of drug-likeness (QED) is 0.837. The Hall–Kier alpha value is -1.27. The van der Waals surface area contributed by atoms with Crippen LogP contribution in [0.2, 0.25) is 0 Å². The Morgan fingerprint density at radius 3 is 2.24 bits per heavy atom. The fourth-order valence-electron chi connectivity index (χ4n) is 2.26. The van der Waals surface area contributed by atoms with Gasteiger partial charge in [-0.1, -0.05) is 12.1 Å². The van der Waals surface area contributed by atoms with Crippen LogP contribution in [0.3, 0.4) is 0 Å². The Bertz CT molecular complexity index is 420. The van der Waals surface area contributed by atoms with Crippen molar-refractivity contribution in [1.29, 1.82) is 0 Å².